The molecule has 0 saturated carbocycles. The highest BCUT2D eigenvalue weighted by Crippen LogP contribution is 2.26. The first-order chi connectivity index (χ1) is 11.5. The van der Waals surface area contributed by atoms with Gasteiger partial charge in [0, 0.05) is 5.39 Å². The van der Waals surface area contributed by atoms with Gasteiger partial charge in [0.15, 0.2) is 0 Å². The highest BCUT2D eigenvalue weighted by Gasteiger charge is 2.10. The molecule has 0 amide bonds. The molecule has 0 bridgehead atoms. The van der Waals surface area contributed by atoms with Gasteiger partial charge in [-0.15, -0.1) is 0 Å². The van der Waals surface area contributed by atoms with Crippen molar-refractivity contribution in [3.05, 3.63) is 81.7 Å². The molecule has 0 atom stereocenters. The molecule has 0 aliphatic rings. The second-order valence-corrected chi connectivity index (χ2v) is 6.49. The number of aryl methyl sites for hydroxylation is 3. The Morgan fingerprint density at radius 2 is 1.42 bits per heavy atom. The Morgan fingerprint density at radius 1 is 0.708 bits per heavy atom. The average molecular weight is 314 g/mol. The third-order valence-corrected chi connectivity index (χ3v) is 4.66. The molecule has 1 heterocycles. The Morgan fingerprint density at radius 3 is 2.25 bits per heavy atom. The van der Waals surface area contributed by atoms with Crippen LogP contribution in [0.4, 0.5) is 0 Å². The Kier molecular flexibility index (Phi) is 3.27. The van der Waals surface area contributed by atoms with Crippen molar-refractivity contribution >= 4 is 21.7 Å². The number of benzene rings is 3. The maximum absolute atomic E-state index is 12.5. The molecule has 0 unspecified atom stereocenters. The van der Waals surface area contributed by atoms with Crippen LogP contribution in [-0.2, 0) is 0 Å². The predicted octanol–water partition coefficient (Wildman–Crippen LogP) is 5.54. The van der Waals surface area contributed by atoms with Gasteiger partial charge < -0.3 is 4.42 Å². The van der Waals surface area contributed by atoms with E-state index in [0.29, 0.717) is 11.1 Å². The van der Waals surface area contributed by atoms with E-state index in [1.165, 1.54) is 16.5 Å². The predicted molar refractivity (Wildman–Crippen MR) is 99.6 cm³/mol. The summed E-state index contributed by atoms with van der Waals surface area (Å²) in [5, 5.41) is 3.25. The van der Waals surface area contributed by atoms with Gasteiger partial charge in [-0.25, -0.2) is 4.79 Å². The summed E-state index contributed by atoms with van der Waals surface area (Å²) < 4.78 is 5.56. The SMILES string of the molecule is Cc1ccc2cc(-c3cc4cc(C)c(C)cc4oc3=O)ccc2c1. The van der Waals surface area contributed by atoms with Crippen LogP contribution in [0.1, 0.15) is 16.7 Å². The molecule has 0 aliphatic carbocycles. The van der Waals surface area contributed by atoms with Gasteiger partial charge in [-0.2, -0.15) is 0 Å². The first-order valence-electron chi connectivity index (χ1n) is 8.07. The molecular weight excluding hydrogens is 296 g/mol. The Labute approximate surface area is 140 Å². The molecule has 2 heteroatoms. The molecule has 0 radical (unpaired) electrons. The molecule has 2 nitrogen and oxygen atoms in total. The molecule has 0 aliphatic heterocycles. The van der Waals surface area contributed by atoms with Gasteiger partial charge in [-0.3, -0.25) is 0 Å². The molecule has 118 valence electrons. The van der Waals surface area contributed by atoms with E-state index in [2.05, 4.69) is 44.2 Å². The summed E-state index contributed by atoms with van der Waals surface area (Å²) in [7, 11) is 0. The third-order valence-electron chi connectivity index (χ3n) is 4.66. The third kappa shape index (κ3) is 2.41. The Bertz CT molecular complexity index is 1150. The minimum Gasteiger partial charge on any atom is -0.422 e. The van der Waals surface area contributed by atoms with Crippen LogP contribution in [-0.4, -0.2) is 0 Å². The van der Waals surface area contributed by atoms with E-state index in [0.717, 1.165) is 21.9 Å². The van der Waals surface area contributed by atoms with Crippen LogP contribution in [0.3, 0.4) is 0 Å². The number of hydrogen-bond acceptors (Lipinski definition) is 2. The number of hydrogen-bond donors (Lipinski definition) is 0. The summed E-state index contributed by atoms with van der Waals surface area (Å²) in [6, 6.07) is 18.3. The Hall–Kier alpha value is -2.87. The molecule has 0 spiro atoms. The van der Waals surface area contributed by atoms with Gasteiger partial charge in [0.25, 0.3) is 0 Å². The second-order valence-electron chi connectivity index (χ2n) is 6.49. The van der Waals surface area contributed by atoms with Crippen molar-refractivity contribution < 1.29 is 4.42 Å². The standard InChI is InChI=1S/C22H18O2/c1-13-4-5-17-11-18(7-6-16(17)8-13)20-12-19-9-14(2)15(3)10-21(19)24-22(20)23/h4-12H,1-3H3. The quantitative estimate of drug-likeness (QED) is 0.432. The van der Waals surface area contributed by atoms with E-state index in [1.807, 2.05) is 31.2 Å². The molecule has 4 aromatic rings. The molecule has 0 saturated heterocycles. The van der Waals surface area contributed by atoms with Crippen molar-refractivity contribution in [2.75, 3.05) is 0 Å². The largest absolute Gasteiger partial charge is 0.422 e. The molecule has 0 N–H and O–H groups in total. The van der Waals surface area contributed by atoms with Crippen molar-refractivity contribution in [1.82, 2.24) is 0 Å². The molecule has 24 heavy (non-hydrogen) atoms. The minimum atomic E-state index is -0.294. The lowest BCUT2D eigenvalue weighted by Gasteiger charge is -2.07. The van der Waals surface area contributed by atoms with Crippen LogP contribution in [0.5, 0.6) is 0 Å². The van der Waals surface area contributed by atoms with Crippen LogP contribution in [0, 0.1) is 20.8 Å². The maximum Gasteiger partial charge on any atom is 0.344 e. The van der Waals surface area contributed by atoms with E-state index in [-0.39, 0.29) is 5.63 Å². The molecule has 4 rings (SSSR count). The summed E-state index contributed by atoms with van der Waals surface area (Å²) in [6.45, 7) is 6.17. The lowest BCUT2D eigenvalue weighted by molar-refractivity contribution is 0.563. The molecular formula is C22H18O2. The topological polar surface area (TPSA) is 30.2 Å². The van der Waals surface area contributed by atoms with Gasteiger partial charge in [0.05, 0.1) is 5.56 Å². The molecule has 1 aromatic heterocycles. The van der Waals surface area contributed by atoms with Crippen LogP contribution in [0.2, 0.25) is 0 Å². The fourth-order valence-corrected chi connectivity index (χ4v) is 3.12. The van der Waals surface area contributed by atoms with Gasteiger partial charge in [0.2, 0.25) is 0 Å². The van der Waals surface area contributed by atoms with Crippen LogP contribution in [0.15, 0.2) is 63.8 Å². The smallest absolute Gasteiger partial charge is 0.344 e. The van der Waals surface area contributed by atoms with Crippen molar-refractivity contribution in [3.63, 3.8) is 0 Å². The average Bonchev–Trinajstić information content (AvgIpc) is 2.55. The lowest BCUT2D eigenvalue weighted by Crippen LogP contribution is -2.03. The monoisotopic (exact) mass is 314 g/mol. The zero-order valence-corrected chi connectivity index (χ0v) is 14.0. The zero-order chi connectivity index (χ0) is 16.8. The normalized spacial score (nSPS) is 11.3. The highest BCUT2D eigenvalue weighted by molar-refractivity contribution is 5.89. The van der Waals surface area contributed by atoms with E-state index >= 15 is 0 Å². The number of fused-ring (bicyclic) bond motifs is 2. The number of rotatable bonds is 1. The second kappa shape index (κ2) is 5.34. The summed E-state index contributed by atoms with van der Waals surface area (Å²) in [6.07, 6.45) is 0. The Balaban J connectivity index is 1.95. The van der Waals surface area contributed by atoms with E-state index in [4.69, 9.17) is 4.42 Å². The van der Waals surface area contributed by atoms with E-state index in [9.17, 15) is 4.79 Å². The lowest BCUT2D eigenvalue weighted by atomic mass is 9.99. The summed E-state index contributed by atoms with van der Waals surface area (Å²) in [4.78, 5) is 12.5. The van der Waals surface area contributed by atoms with Crippen molar-refractivity contribution in [2.24, 2.45) is 0 Å². The first kappa shape index (κ1) is 14.7. The van der Waals surface area contributed by atoms with Crippen molar-refractivity contribution in [1.29, 1.82) is 0 Å². The van der Waals surface area contributed by atoms with Gasteiger partial charge in [0.1, 0.15) is 5.58 Å². The van der Waals surface area contributed by atoms with Gasteiger partial charge in [-0.1, -0.05) is 35.9 Å². The van der Waals surface area contributed by atoms with Crippen LogP contribution >= 0.6 is 0 Å². The highest BCUT2D eigenvalue weighted by atomic mass is 16.4. The minimum absolute atomic E-state index is 0.294. The molecule has 3 aromatic carbocycles. The van der Waals surface area contributed by atoms with Crippen LogP contribution in [0.25, 0.3) is 32.9 Å². The summed E-state index contributed by atoms with van der Waals surface area (Å²) in [5.41, 5.74) is 5.39. The van der Waals surface area contributed by atoms with Gasteiger partial charge >= 0.3 is 5.63 Å². The summed E-state index contributed by atoms with van der Waals surface area (Å²) in [5.74, 6) is 0. The van der Waals surface area contributed by atoms with Crippen LogP contribution < -0.4 is 5.63 Å². The maximum atomic E-state index is 12.5. The summed E-state index contributed by atoms with van der Waals surface area (Å²) >= 11 is 0. The fraction of sp³-hybridized carbons (Fsp3) is 0.136. The van der Waals surface area contributed by atoms with Crippen molar-refractivity contribution in [2.45, 2.75) is 20.8 Å². The first-order valence-corrected chi connectivity index (χ1v) is 8.07. The van der Waals surface area contributed by atoms with Crippen molar-refractivity contribution in [3.8, 4) is 11.1 Å². The fourth-order valence-electron chi connectivity index (χ4n) is 3.12. The zero-order valence-electron chi connectivity index (χ0n) is 14.0. The molecule has 0 fully saturated rings. The van der Waals surface area contributed by atoms with E-state index in [1.54, 1.807) is 0 Å². The van der Waals surface area contributed by atoms with E-state index < -0.39 is 0 Å². The van der Waals surface area contributed by atoms with Gasteiger partial charge in [-0.05, 0) is 72.5 Å².